The number of rotatable bonds is 4. The van der Waals surface area contributed by atoms with Crippen LogP contribution in [0.5, 0.6) is 0 Å². The lowest BCUT2D eigenvalue weighted by Crippen LogP contribution is -2.46. The summed E-state index contributed by atoms with van der Waals surface area (Å²) in [5.41, 5.74) is 3.38. The lowest BCUT2D eigenvalue weighted by Gasteiger charge is -2.32. The van der Waals surface area contributed by atoms with Gasteiger partial charge in [-0.3, -0.25) is 9.59 Å². The molecule has 1 saturated heterocycles. The summed E-state index contributed by atoms with van der Waals surface area (Å²) in [7, 11) is 0. The van der Waals surface area contributed by atoms with E-state index >= 15 is 0 Å². The molecule has 152 valence electrons. The molecule has 0 aromatic heterocycles. The number of hydrogen-bond acceptors (Lipinski definition) is 2. The Morgan fingerprint density at radius 1 is 0.800 bits per heavy atom. The van der Waals surface area contributed by atoms with Crippen LogP contribution in [0.15, 0.2) is 78.9 Å². The molecule has 1 N–H and O–H groups in total. The van der Waals surface area contributed by atoms with Crippen molar-refractivity contribution in [3.8, 4) is 11.1 Å². The largest absolute Gasteiger partial charge is 0.349 e. The SMILES string of the molecule is O=C(NC1CCN(C(=O)c2ccccc2Cl)CC1)c1ccc(-c2ccccc2)cc1. The van der Waals surface area contributed by atoms with Gasteiger partial charge in [-0.2, -0.15) is 0 Å². The normalized spacial score (nSPS) is 14.4. The van der Waals surface area contributed by atoms with Crippen molar-refractivity contribution in [1.82, 2.24) is 10.2 Å². The van der Waals surface area contributed by atoms with Gasteiger partial charge in [0.15, 0.2) is 0 Å². The van der Waals surface area contributed by atoms with E-state index in [-0.39, 0.29) is 17.9 Å². The molecule has 0 atom stereocenters. The van der Waals surface area contributed by atoms with Crippen LogP contribution in [0.1, 0.15) is 33.6 Å². The molecule has 2 amide bonds. The van der Waals surface area contributed by atoms with Gasteiger partial charge in [0.05, 0.1) is 10.6 Å². The molecule has 1 heterocycles. The molecule has 3 aromatic carbocycles. The summed E-state index contributed by atoms with van der Waals surface area (Å²) in [5.74, 6) is -0.132. The van der Waals surface area contributed by atoms with E-state index in [1.54, 1.807) is 17.0 Å². The number of likely N-dealkylation sites (tertiary alicyclic amines) is 1. The Bertz CT molecular complexity index is 1030. The zero-order valence-electron chi connectivity index (χ0n) is 16.6. The molecule has 0 aliphatic carbocycles. The number of carbonyl (C=O) groups excluding carboxylic acids is 2. The minimum atomic E-state index is -0.0782. The van der Waals surface area contributed by atoms with E-state index in [2.05, 4.69) is 5.32 Å². The van der Waals surface area contributed by atoms with Crippen molar-refractivity contribution >= 4 is 23.4 Å². The van der Waals surface area contributed by atoms with Crippen LogP contribution in [-0.4, -0.2) is 35.8 Å². The number of nitrogens with zero attached hydrogens (tertiary/aromatic N) is 1. The molecule has 5 heteroatoms. The highest BCUT2D eigenvalue weighted by molar-refractivity contribution is 6.33. The lowest BCUT2D eigenvalue weighted by atomic mass is 10.0. The highest BCUT2D eigenvalue weighted by Gasteiger charge is 2.25. The van der Waals surface area contributed by atoms with Crippen molar-refractivity contribution in [1.29, 1.82) is 0 Å². The second-order valence-electron chi connectivity index (χ2n) is 7.46. The summed E-state index contributed by atoms with van der Waals surface area (Å²) in [4.78, 5) is 27.1. The molecule has 1 fully saturated rings. The molecule has 0 spiro atoms. The first-order valence-corrected chi connectivity index (χ1v) is 10.5. The first-order chi connectivity index (χ1) is 14.6. The summed E-state index contributed by atoms with van der Waals surface area (Å²) in [6.07, 6.45) is 1.45. The Morgan fingerprint density at radius 3 is 2.07 bits per heavy atom. The number of hydrogen-bond donors (Lipinski definition) is 1. The van der Waals surface area contributed by atoms with Crippen molar-refractivity contribution < 1.29 is 9.59 Å². The minimum absolute atomic E-state index is 0.0538. The molecular weight excluding hydrogens is 396 g/mol. The summed E-state index contributed by atoms with van der Waals surface area (Å²) < 4.78 is 0. The predicted molar refractivity (Wildman–Crippen MR) is 120 cm³/mol. The van der Waals surface area contributed by atoms with E-state index in [1.165, 1.54) is 0 Å². The molecule has 4 nitrogen and oxygen atoms in total. The number of nitrogens with one attached hydrogen (secondary N) is 1. The average Bonchev–Trinajstić information content (AvgIpc) is 2.80. The van der Waals surface area contributed by atoms with Crippen molar-refractivity contribution in [2.45, 2.75) is 18.9 Å². The zero-order chi connectivity index (χ0) is 20.9. The highest BCUT2D eigenvalue weighted by atomic mass is 35.5. The molecule has 0 bridgehead atoms. The van der Waals surface area contributed by atoms with Gasteiger partial charge < -0.3 is 10.2 Å². The minimum Gasteiger partial charge on any atom is -0.349 e. The molecular formula is C25H23ClN2O2. The van der Waals surface area contributed by atoms with Gasteiger partial charge in [0.25, 0.3) is 11.8 Å². The summed E-state index contributed by atoms with van der Waals surface area (Å²) in [5, 5.41) is 3.57. The predicted octanol–water partition coefficient (Wildman–Crippen LogP) is 5.04. The van der Waals surface area contributed by atoms with Crippen LogP contribution in [0.3, 0.4) is 0 Å². The van der Waals surface area contributed by atoms with Gasteiger partial charge in [0.1, 0.15) is 0 Å². The standard InChI is InChI=1S/C25H23ClN2O2/c26-23-9-5-4-8-22(23)25(30)28-16-14-21(15-17-28)27-24(29)20-12-10-19(11-13-20)18-6-2-1-3-7-18/h1-13,21H,14-17H2,(H,27,29). The number of benzene rings is 3. The van der Waals surface area contributed by atoms with Crippen LogP contribution in [0.25, 0.3) is 11.1 Å². The van der Waals surface area contributed by atoms with E-state index in [1.807, 2.05) is 66.7 Å². The van der Waals surface area contributed by atoms with E-state index in [4.69, 9.17) is 11.6 Å². The maximum atomic E-state index is 12.7. The first kappa shape index (κ1) is 20.2. The monoisotopic (exact) mass is 418 g/mol. The Kier molecular flexibility index (Phi) is 6.15. The first-order valence-electron chi connectivity index (χ1n) is 10.1. The lowest BCUT2D eigenvalue weighted by molar-refractivity contribution is 0.0698. The molecule has 0 unspecified atom stereocenters. The fraction of sp³-hybridized carbons (Fsp3) is 0.200. The van der Waals surface area contributed by atoms with Crippen LogP contribution in [0.2, 0.25) is 5.02 Å². The maximum absolute atomic E-state index is 12.7. The molecule has 30 heavy (non-hydrogen) atoms. The Hall–Kier alpha value is -3.11. The van der Waals surface area contributed by atoms with E-state index in [9.17, 15) is 9.59 Å². The van der Waals surface area contributed by atoms with Crippen molar-refractivity contribution in [3.05, 3.63) is 95.0 Å². The van der Waals surface area contributed by atoms with E-state index in [0.717, 1.165) is 24.0 Å². The molecule has 0 saturated carbocycles. The highest BCUT2D eigenvalue weighted by Crippen LogP contribution is 2.21. The van der Waals surface area contributed by atoms with E-state index in [0.29, 0.717) is 29.2 Å². The fourth-order valence-corrected chi connectivity index (χ4v) is 3.96. The third-order valence-electron chi connectivity index (χ3n) is 5.48. The quantitative estimate of drug-likeness (QED) is 0.645. The molecule has 0 radical (unpaired) electrons. The Labute approximate surface area is 181 Å². The molecule has 4 rings (SSSR count). The van der Waals surface area contributed by atoms with Gasteiger partial charge in [0, 0.05) is 24.7 Å². The smallest absolute Gasteiger partial charge is 0.255 e. The van der Waals surface area contributed by atoms with Gasteiger partial charge in [0.2, 0.25) is 0 Å². The number of amides is 2. The molecule has 1 aliphatic heterocycles. The van der Waals surface area contributed by atoms with Crippen molar-refractivity contribution in [3.63, 3.8) is 0 Å². The number of carbonyl (C=O) groups is 2. The summed E-state index contributed by atoms with van der Waals surface area (Å²) >= 11 is 6.15. The van der Waals surface area contributed by atoms with Gasteiger partial charge >= 0.3 is 0 Å². The van der Waals surface area contributed by atoms with Crippen LogP contribution in [0, 0.1) is 0 Å². The van der Waals surface area contributed by atoms with Crippen LogP contribution in [-0.2, 0) is 0 Å². The Morgan fingerprint density at radius 2 is 1.40 bits per heavy atom. The maximum Gasteiger partial charge on any atom is 0.255 e. The van der Waals surface area contributed by atoms with Gasteiger partial charge in [-0.15, -0.1) is 0 Å². The van der Waals surface area contributed by atoms with Crippen molar-refractivity contribution in [2.75, 3.05) is 13.1 Å². The van der Waals surface area contributed by atoms with Crippen LogP contribution >= 0.6 is 11.6 Å². The third kappa shape index (κ3) is 4.55. The van der Waals surface area contributed by atoms with Gasteiger partial charge in [-0.1, -0.05) is 66.2 Å². The van der Waals surface area contributed by atoms with Crippen LogP contribution < -0.4 is 5.32 Å². The third-order valence-corrected chi connectivity index (χ3v) is 5.81. The Balaban J connectivity index is 1.32. The molecule has 3 aromatic rings. The number of piperidine rings is 1. The van der Waals surface area contributed by atoms with E-state index < -0.39 is 0 Å². The topological polar surface area (TPSA) is 49.4 Å². The van der Waals surface area contributed by atoms with Gasteiger partial charge in [-0.05, 0) is 48.2 Å². The fourth-order valence-electron chi connectivity index (χ4n) is 3.75. The second-order valence-corrected chi connectivity index (χ2v) is 7.87. The van der Waals surface area contributed by atoms with Gasteiger partial charge in [-0.25, -0.2) is 0 Å². The number of halogens is 1. The summed E-state index contributed by atoms with van der Waals surface area (Å²) in [6, 6.07) is 24.9. The summed E-state index contributed by atoms with van der Waals surface area (Å²) in [6.45, 7) is 1.20. The average molecular weight is 419 g/mol. The molecule has 1 aliphatic rings. The van der Waals surface area contributed by atoms with Crippen molar-refractivity contribution in [2.24, 2.45) is 0 Å². The zero-order valence-corrected chi connectivity index (χ0v) is 17.3. The van der Waals surface area contributed by atoms with Crippen LogP contribution in [0.4, 0.5) is 0 Å². The second kappa shape index (κ2) is 9.14.